The lowest BCUT2D eigenvalue weighted by Crippen LogP contribution is -2.12. The molecule has 4 aromatic rings. The Kier molecular flexibility index (Phi) is 4.40. The van der Waals surface area contributed by atoms with Crippen LogP contribution in [0, 0.1) is 13.8 Å². The number of ether oxygens (including phenoxy) is 1. The molecule has 0 fully saturated rings. The second-order valence-electron chi connectivity index (χ2n) is 5.90. The number of H-pyrrole nitrogens is 1. The number of hydrogen-bond donors (Lipinski definition) is 2. The SMILES string of the molecule is CCOc1cccc2sc(NC(=O)c3sc4nc(C)[nH]c(=O)c4c3C)nc12. The van der Waals surface area contributed by atoms with Gasteiger partial charge in [-0.1, -0.05) is 17.4 Å². The number of thiazole rings is 1. The third-order valence-electron chi connectivity index (χ3n) is 4.03. The minimum Gasteiger partial charge on any atom is -0.492 e. The molecule has 0 aliphatic carbocycles. The highest BCUT2D eigenvalue weighted by Gasteiger charge is 2.20. The first-order valence-corrected chi connectivity index (χ1v) is 9.95. The molecule has 0 spiro atoms. The summed E-state index contributed by atoms with van der Waals surface area (Å²) in [5.41, 5.74) is 1.12. The van der Waals surface area contributed by atoms with Crippen LogP contribution in [0.3, 0.4) is 0 Å². The quantitative estimate of drug-likeness (QED) is 0.542. The Labute approximate surface area is 162 Å². The summed E-state index contributed by atoms with van der Waals surface area (Å²) < 4.78 is 6.52. The fourth-order valence-corrected chi connectivity index (χ4v) is 4.87. The molecule has 0 aliphatic heterocycles. The maximum atomic E-state index is 12.8. The van der Waals surface area contributed by atoms with Crippen molar-refractivity contribution < 1.29 is 9.53 Å². The number of amides is 1. The van der Waals surface area contributed by atoms with Gasteiger partial charge in [-0.25, -0.2) is 9.97 Å². The molecule has 0 atom stereocenters. The molecule has 0 aliphatic rings. The summed E-state index contributed by atoms with van der Waals surface area (Å²) in [4.78, 5) is 37.5. The number of anilines is 1. The molecule has 27 heavy (non-hydrogen) atoms. The van der Waals surface area contributed by atoms with Gasteiger partial charge in [0.25, 0.3) is 11.5 Å². The van der Waals surface area contributed by atoms with Crippen molar-refractivity contribution in [3.05, 3.63) is 44.8 Å². The number of thiophene rings is 1. The molecule has 1 aromatic carbocycles. The van der Waals surface area contributed by atoms with Crippen molar-refractivity contribution >= 4 is 54.1 Å². The first-order valence-electron chi connectivity index (χ1n) is 8.31. The fraction of sp³-hybridized carbons (Fsp3) is 0.222. The summed E-state index contributed by atoms with van der Waals surface area (Å²) in [7, 11) is 0. The highest BCUT2D eigenvalue weighted by atomic mass is 32.1. The topological polar surface area (TPSA) is 97.0 Å². The smallest absolute Gasteiger partial charge is 0.267 e. The molecule has 0 unspecified atom stereocenters. The Hall–Kier alpha value is -2.78. The van der Waals surface area contributed by atoms with Gasteiger partial charge in [-0.05, 0) is 38.5 Å². The Bertz CT molecular complexity index is 1240. The van der Waals surface area contributed by atoms with Crippen molar-refractivity contribution in [3.63, 3.8) is 0 Å². The second-order valence-corrected chi connectivity index (χ2v) is 7.93. The van der Waals surface area contributed by atoms with Crippen LogP contribution in [0.5, 0.6) is 5.75 Å². The summed E-state index contributed by atoms with van der Waals surface area (Å²) in [5.74, 6) is 0.913. The van der Waals surface area contributed by atoms with E-state index >= 15 is 0 Å². The molecule has 1 amide bonds. The Morgan fingerprint density at radius 2 is 2.07 bits per heavy atom. The molecule has 0 saturated heterocycles. The number of carbonyl (C=O) groups excluding carboxylic acids is 1. The van der Waals surface area contributed by atoms with Crippen molar-refractivity contribution in [1.29, 1.82) is 0 Å². The number of aryl methyl sites for hydroxylation is 2. The number of carbonyl (C=O) groups is 1. The summed E-state index contributed by atoms with van der Waals surface area (Å²) in [6.07, 6.45) is 0. The van der Waals surface area contributed by atoms with E-state index in [1.54, 1.807) is 13.8 Å². The number of fused-ring (bicyclic) bond motifs is 2. The van der Waals surface area contributed by atoms with Crippen LogP contribution in [0.2, 0.25) is 0 Å². The minimum absolute atomic E-state index is 0.230. The molecular formula is C18H16N4O3S2. The number of aromatic nitrogens is 3. The highest BCUT2D eigenvalue weighted by molar-refractivity contribution is 7.23. The number of nitrogens with zero attached hydrogens (tertiary/aromatic N) is 2. The number of aromatic amines is 1. The van der Waals surface area contributed by atoms with Crippen molar-refractivity contribution in [2.75, 3.05) is 11.9 Å². The van der Waals surface area contributed by atoms with Gasteiger partial charge < -0.3 is 9.72 Å². The first-order chi connectivity index (χ1) is 13.0. The minimum atomic E-state index is -0.301. The molecule has 0 bridgehead atoms. The van der Waals surface area contributed by atoms with Crippen molar-refractivity contribution in [2.45, 2.75) is 20.8 Å². The number of benzene rings is 1. The third-order valence-corrected chi connectivity index (χ3v) is 6.15. The van der Waals surface area contributed by atoms with Crippen LogP contribution in [0.4, 0.5) is 5.13 Å². The van der Waals surface area contributed by atoms with E-state index in [2.05, 4.69) is 20.3 Å². The number of para-hydroxylation sites is 1. The fourth-order valence-electron chi connectivity index (χ4n) is 2.87. The Morgan fingerprint density at radius 3 is 2.85 bits per heavy atom. The van der Waals surface area contributed by atoms with Gasteiger partial charge in [-0.2, -0.15) is 0 Å². The first kappa shape index (κ1) is 17.6. The molecule has 0 radical (unpaired) electrons. The van der Waals surface area contributed by atoms with Crippen molar-refractivity contribution in [2.24, 2.45) is 0 Å². The second kappa shape index (κ2) is 6.75. The molecule has 3 heterocycles. The zero-order chi connectivity index (χ0) is 19.1. The van der Waals surface area contributed by atoms with Crippen LogP contribution in [0.1, 0.15) is 28.0 Å². The van der Waals surface area contributed by atoms with E-state index < -0.39 is 0 Å². The average Bonchev–Trinajstić information content (AvgIpc) is 3.16. The van der Waals surface area contributed by atoms with Gasteiger partial charge in [0.05, 0.1) is 21.6 Å². The predicted molar refractivity (Wildman–Crippen MR) is 108 cm³/mol. The van der Waals surface area contributed by atoms with Crippen LogP contribution in [-0.2, 0) is 0 Å². The summed E-state index contributed by atoms with van der Waals surface area (Å²) in [5, 5.41) is 3.78. The van der Waals surface area contributed by atoms with Crippen molar-refractivity contribution in [1.82, 2.24) is 15.0 Å². The van der Waals surface area contributed by atoms with E-state index in [1.165, 1.54) is 22.7 Å². The van der Waals surface area contributed by atoms with Crippen LogP contribution in [-0.4, -0.2) is 27.5 Å². The van der Waals surface area contributed by atoms with Gasteiger partial charge in [0.1, 0.15) is 21.9 Å². The third kappa shape index (κ3) is 3.08. The molecule has 4 rings (SSSR count). The molecular weight excluding hydrogens is 384 g/mol. The Balaban J connectivity index is 1.70. The summed E-state index contributed by atoms with van der Waals surface area (Å²) in [6.45, 7) is 5.92. The lowest BCUT2D eigenvalue weighted by molar-refractivity contribution is 0.103. The van der Waals surface area contributed by atoms with E-state index in [9.17, 15) is 9.59 Å². The predicted octanol–water partition coefficient (Wildman–Crippen LogP) is 3.86. The van der Waals surface area contributed by atoms with E-state index in [0.29, 0.717) is 44.0 Å². The molecule has 9 heteroatoms. The zero-order valence-corrected chi connectivity index (χ0v) is 16.5. The summed E-state index contributed by atoms with van der Waals surface area (Å²) >= 11 is 2.58. The van der Waals surface area contributed by atoms with Crippen LogP contribution in [0.25, 0.3) is 20.4 Å². The average molecular weight is 400 g/mol. The van der Waals surface area contributed by atoms with E-state index in [1.807, 2.05) is 25.1 Å². The van der Waals surface area contributed by atoms with Crippen LogP contribution in [0.15, 0.2) is 23.0 Å². The van der Waals surface area contributed by atoms with Crippen LogP contribution >= 0.6 is 22.7 Å². The Morgan fingerprint density at radius 1 is 1.26 bits per heavy atom. The normalized spacial score (nSPS) is 11.2. The van der Waals surface area contributed by atoms with E-state index in [-0.39, 0.29) is 11.5 Å². The van der Waals surface area contributed by atoms with Crippen molar-refractivity contribution in [3.8, 4) is 5.75 Å². The number of nitrogens with one attached hydrogen (secondary N) is 2. The molecule has 3 aromatic heterocycles. The zero-order valence-electron chi connectivity index (χ0n) is 14.9. The van der Waals surface area contributed by atoms with Gasteiger partial charge >= 0.3 is 0 Å². The maximum Gasteiger partial charge on any atom is 0.267 e. The van der Waals surface area contributed by atoms with E-state index in [0.717, 1.165) is 10.2 Å². The van der Waals surface area contributed by atoms with Gasteiger partial charge in [0.2, 0.25) is 0 Å². The molecule has 138 valence electrons. The lowest BCUT2D eigenvalue weighted by atomic mass is 10.2. The number of rotatable bonds is 4. The standard InChI is InChI=1S/C18H16N4O3S2/c1-4-25-10-6-5-7-11-13(10)21-18(26-11)22-16(24)14-8(2)12-15(23)19-9(3)20-17(12)27-14/h5-7H,4H2,1-3H3,(H,19,20,23)(H,21,22,24). The summed E-state index contributed by atoms with van der Waals surface area (Å²) in [6, 6.07) is 5.68. The number of hydrogen-bond acceptors (Lipinski definition) is 7. The van der Waals surface area contributed by atoms with Gasteiger partial charge in [-0.15, -0.1) is 11.3 Å². The maximum absolute atomic E-state index is 12.8. The largest absolute Gasteiger partial charge is 0.492 e. The van der Waals surface area contributed by atoms with Gasteiger partial charge in [0, 0.05) is 0 Å². The highest BCUT2D eigenvalue weighted by Crippen LogP contribution is 2.33. The van der Waals surface area contributed by atoms with Gasteiger partial charge in [-0.3, -0.25) is 14.9 Å². The molecule has 7 nitrogen and oxygen atoms in total. The molecule has 0 saturated carbocycles. The monoisotopic (exact) mass is 400 g/mol. The lowest BCUT2D eigenvalue weighted by Gasteiger charge is -2.02. The molecule has 2 N–H and O–H groups in total. The van der Waals surface area contributed by atoms with E-state index in [4.69, 9.17) is 4.74 Å². The van der Waals surface area contributed by atoms with Crippen LogP contribution < -0.4 is 15.6 Å². The van der Waals surface area contributed by atoms with Gasteiger partial charge in [0.15, 0.2) is 5.13 Å².